The summed E-state index contributed by atoms with van der Waals surface area (Å²) < 4.78 is 4.90. The van der Waals surface area contributed by atoms with E-state index in [-0.39, 0.29) is 11.5 Å². The summed E-state index contributed by atoms with van der Waals surface area (Å²) >= 11 is 0. The molecule has 66 valence electrons. The highest BCUT2D eigenvalue weighted by molar-refractivity contribution is 6.67. The van der Waals surface area contributed by atoms with E-state index < -0.39 is 6.03 Å². The molecule has 0 saturated carbocycles. The van der Waals surface area contributed by atoms with Gasteiger partial charge in [-0.25, -0.2) is 4.79 Å². The molecule has 0 radical (unpaired) electrons. The van der Waals surface area contributed by atoms with Gasteiger partial charge < -0.3 is 4.74 Å². The first kappa shape index (κ1) is 7.85. The molecule has 0 aromatic rings. The molecule has 0 bridgehead atoms. The Morgan fingerprint density at radius 1 is 1.54 bits per heavy atom. The fourth-order valence-corrected chi connectivity index (χ4v) is 1.11. The van der Waals surface area contributed by atoms with Gasteiger partial charge in [-0.1, -0.05) is 0 Å². The Kier molecular flexibility index (Phi) is 1.77. The predicted molar refractivity (Wildman–Crippen MR) is 45.0 cm³/mol. The largest absolute Gasteiger partial charge is 0.500 e. The van der Waals surface area contributed by atoms with Crippen LogP contribution >= 0.6 is 0 Å². The van der Waals surface area contributed by atoms with E-state index in [1.54, 1.807) is 0 Å². The van der Waals surface area contributed by atoms with Gasteiger partial charge in [0.25, 0.3) is 0 Å². The van der Waals surface area contributed by atoms with Crippen LogP contribution in [0.5, 0.6) is 0 Å². The van der Waals surface area contributed by atoms with Crippen molar-refractivity contribution in [3.05, 3.63) is 11.8 Å². The molecule has 0 unspecified atom stereocenters. The minimum atomic E-state index is -0.622. The molecule has 2 amide bonds. The van der Waals surface area contributed by atoms with Gasteiger partial charge >= 0.3 is 6.03 Å². The van der Waals surface area contributed by atoms with Crippen molar-refractivity contribution in [2.45, 2.75) is 6.42 Å². The van der Waals surface area contributed by atoms with Crippen molar-refractivity contribution in [2.75, 3.05) is 6.61 Å². The molecule has 0 atom stereocenters. The molecule has 5 heteroatoms. The molecule has 5 nitrogen and oxygen atoms in total. The summed E-state index contributed by atoms with van der Waals surface area (Å²) in [5, 5.41) is 0. The molecule has 0 aromatic carbocycles. The van der Waals surface area contributed by atoms with Gasteiger partial charge in [0.05, 0.1) is 19.1 Å². The van der Waals surface area contributed by atoms with E-state index in [4.69, 9.17) is 4.74 Å². The first-order valence-corrected chi connectivity index (χ1v) is 3.79. The third-order valence-corrected chi connectivity index (χ3v) is 1.75. The fourth-order valence-electron chi connectivity index (χ4n) is 1.11. The van der Waals surface area contributed by atoms with Crippen LogP contribution in [0, 0.1) is 0 Å². The Hall–Kier alpha value is -1.78. The van der Waals surface area contributed by atoms with Crippen molar-refractivity contribution in [1.82, 2.24) is 0 Å². The summed E-state index contributed by atoms with van der Waals surface area (Å²) in [7, 11) is 0. The lowest BCUT2D eigenvalue weighted by molar-refractivity contribution is -0.109. The normalized spacial score (nSPS) is 19.8. The topological polar surface area (TPSA) is 68.1 Å². The number of urea groups is 1. The van der Waals surface area contributed by atoms with Gasteiger partial charge in [0.1, 0.15) is 5.71 Å². The van der Waals surface area contributed by atoms with E-state index in [0.29, 0.717) is 18.6 Å². The van der Waals surface area contributed by atoms with Crippen molar-refractivity contribution in [1.29, 1.82) is 0 Å². The summed E-state index contributed by atoms with van der Waals surface area (Å²) in [6.07, 6.45) is 3.16. The van der Waals surface area contributed by atoms with Crippen LogP contribution in [-0.2, 0) is 9.53 Å². The molecule has 0 spiro atoms. The van der Waals surface area contributed by atoms with Gasteiger partial charge in [0.2, 0.25) is 5.78 Å². The van der Waals surface area contributed by atoms with Gasteiger partial charge in [-0.3, -0.25) is 4.79 Å². The average Bonchev–Trinajstić information content (AvgIpc) is 2.72. The standard InChI is InChI=1S/C8H6N2O3/c11-7(5-1-2-13-4-5)6-3-9-8(12)10-6/h3-4H,1-2H2. The van der Waals surface area contributed by atoms with Crippen LogP contribution in [0.3, 0.4) is 0 Å². The van der Waals surface area contributed by atoms with E-state index in [2.05, 4.69) is 9.98 Å². The molecule has 13 heavy (non-hydrogen) atoms. The number of rotatable bonds is 2. The summed E-state index contributed by atoms with van der Waals surface area (Å²) in [6, 6.07) is -0.622. The number of carbonyl (C=O) groups is 2. The molecule has 2 aliphatic rings. The zero-order valence-corrected chi connectivity index (χ0v) is 6.69. The van der Waals surface area contributed by atoms with Gasteiger partial charge in [-0.2, -0.15) is 9.98 Å². The fraction of sp³-hybridized carbons (Fsp3) is 0.250. The Morgan fingerprint density at radius 3 is 2.92 bits per heavy atom. The van der Waals surface area contributed by atoms with E-state index in [0.717, 1.165) is 0 Å². The van der Waals surface area contributed by atoms with E-state index >= 15 is 0 Å². The van der Waals surface area contributed by atoms with Crippen LogP contribution in [0.15, 0.2) is 21.8 Å². The Labute approximate surface area is 73.8 Å². The molecular formula is C8H6N2O3. The maximum absolute atomic E-state index is 11.5. The second-order valence-electron chi connectivity index (χ2n) is 2.63. The Morgan fingerprint density at radius 2 is 2.38 bits per heavy atom. The molecule has 2 heterocycles. The van der Waals surface area contributed by atoms with Gasteiger partial charge in [-0.15, -0.1) is 0 Å². The van der Waals surface area contributed by atoms with Gasteiger partial charge in [-0.05, 0) is 0 Å². The number of amides is 2. The molecule has 0 saturated heterocycles. The Balaban J connectivity index is 2.18. The Bertz CT molecular complexity index is 366. The first-order chi connectivity index (χ1) is 6.27. The van der Waals surface area contributed by atoms with Crippen molar-refractivity contribution in [2.24, 2.45) is 9.98 Å². The molecule has 2 rings (SSSR count). The van der Waals surface area contributed by atoms with Crippen LogP contribution in [0.4, 0.5) is 4.79 Å². The zero-order valence-electron chi connectivity index (χ0n) is 6.69. The number of hydrogen-bond donors (Lipinski definition) is 0. The lowest BCUT2D eigenvalue weighted by Gasteiger charge is -1.93. The van der Waals surface area contributed by atoms with Gasteiger partial charge in [0.15, 0.2) is 0 Å². The maximum Gasteiger partial charge on any atom is 0.367 e. The second kappa shape index (κ2) is 2.93. The van der Waals surface area contributed by atoms with Crippen LogP contribution in [0.2, 0.25) is 0 Å². The molecular weight excluding hydrogens is 172 g/mol. The maximum atomic E-state index is 11.5. The van der Waals surface area contributed by atoms with Crippen LogP contribution in [0.1, 0.15) is 6.42 Å². The summed E-state index contributed by atoms with van der Waals surface area (Å²) in [5.74, 6) is -0.271. The van der Waals surface area contributed by atoms with E-state index in [1.807, 2.05) is 0 Å². The van der Waals surface area contributed by atoms with Crippen molar-refractivity contribution in [3.8, 4) is 0 Å². The quantitative estimate of drug-likeness (QED) is 0.618. The van der Waals surface area contributed by atoms with E-state index in [1.165, 1.54) is 12.5 Å². The van der Waals surface area contributed by atoms with Crippen molar-refractivity contribution in [3.63, 3.8) is 0 Å². The number of ketones is 1. The van der Waals surface area contributed by atoms with Crippen LogP contribution < -0.4 is 0 Å². The number of hydrogen-bond acceptors (Lipinski definition) is 3. The number of aliphatic imine (C=N–C) groups is 2. The second-order valence-corrected chi connectivity index (χ2v) is 2.63. The molecule has 2 aliphatic heterocycles. The number of Topliss-reactive ketones (excluding diaryl/α,β-unsaturated/α-hetero) is 1. The number of carbonyl (C=O) groups excluding carboxylic acids is 2. The average molecular weight is 178 g/mol. The van der Waals surface area contributed by atoms with E-state index in [9.17, 15) is 9.59 Å². The van der Waals surface area contributed by atoms with Gasteiger partial charge in [0, 0.05) is 12.0 Å². The van der Waals surface area contributed by atoms with Crippen LogP contribution in [-0.4, -0.2) is 30.3 Å². The number of nitrogens with zero attached hydrogens (tertiary/aromatic N) is 2. The highest BCUT2D eigenvalue weighted by Gasteiger charge is 2.22. The monoisotopic (exact) mass is 178 g/mol. The molecule has 0 fully saturated rings. The molecule has 0 aliphatic carbocycles. The summed E-state index contributed by atoms with van der Waals surface area (Å²) in [4.78, 5) is 28.9. The smallest absolute Gasteiger partial charge is 0.367 e. The first-order valence-electron chi connectivity index (χ1n) is 3.79. The summed E-state index contributed by atoms with van der Waals surface area (Å²) in [6.45, 7) is 0.513. The minimum Gasteiger partial charge on any atom is -0.500 e. The molecule has 0 aromatic heterocycles. The minimum absolute atomic E-state index is 0.0988. The van der Waals surface area contributed by atoms with Crippen LogP contribution in [0.25, 0.3) is 0 Å². The third-order valence-electron chi connectivity index (χ3n) is 1.75. The lowest BCUT2D eigenvalue weighted by Crippen LogP contribution is -2.15. The zero-order chi connectivity index (χ0) is 9.26. The highest BCUT2D eigenvalue weighted by atomic mass is 16.5. The van der Waals surface area contributed by atoms with Crippen molar-refractivity contribution < 1.29 is 14.3 Å². The SMILES string of the molecule is O=C1N=CC(C(=O)C2=COCC2)=N1. The third kappa shape index (κ3) is 1.40. The molecule has 0 N–H and O–H groups in total. The summed E-state index contributed by atoms with van der Waals surface area (Å²) in [5.41, 5.74) is 0.640. The number of ether oxygens (including phenoxy) is 1. The lowest BCUT2D eigenvalue weighted by atomic mass is 10.1. The van der Waals surface area contributed by atoms with Crippen molar-refractivity contribution >= 4 is 23.7 Å². The predicted octanol–water partition coefficient (Wildman–Crippen LogP) is 0.505. The highest BCUT2D eigenvalue weighted by Crippen LogP contribution is 2.12.